The molecule has 0 aliphatic carbocycles. The number of imidazole rings is 1. The third kappa shape index (κ3) is 2.58. The van der Waals surface area contributed by atoms with Crippen LogP contribution in [-0.2, 0) is 27.7 Å². The highest BCUT2D eigenvalue weighted by atomic mass is 32.3. The maximum Gasteiger partial charge on any atom is 0.271 e. The molecular weight excluding hydrogens is 322 g/mol. The number of aryl methyl sites for hydroxylation is 2. The second-order valence-electron chi connectivity index (χ2n) is 5.31. The van der Waals surface area contributed by atoms with E-state index in [2.05, 4.69) is 15.5 Å². The second kappa shape index (κ2) is 5.55. The number of amides is 1. The molecule has 3 heterocycles. The summed E-state index contributed by atoms with van der Waals surface area (Å²) in [6, 6.07) is 0. The number of hydrogen-bond donors (Lipinski definition) is 1. The Hall–Kier alpha value is -2.04. The number of hydrogen-bond acceptors (Lipinski definition) is 6. The van der Waals surface area contributed by atoms with Gasteiger partial charge in [-0.05, 0) is 6.92 Å². The van der Waals surface area contributed by atoms with E-state index < -0.39 is 10.4 Å². The largest absolute Gasteiger partial charge is 0.593 e. The van der Waals surface area contributed by atoms with Crippen LogP contribution in [0.5, 0.6) is 0 Å². The molecule has 2 aromatic rings. The summed E-state index contributed by atoms with van der Waals surface area (Å²) in [7, 11) is -2.19. The molecule has 0 spiro atoms. The Morgan fingerprint density at radius 2 is 2.17 bits per heavy atom. The van der Waals surface area contributed by atoms with Gasteiger partial charge < -0.3 is 19.0 Å². The van der Waals surface area contributed by atoms with Gasteiger partial charge >= 0.3 is 0 Å². The summed E-state index contributed by atoms with van der Waals surface area (Å²) >= 11 is 0. The van der Waals surface area contributed by atoms with Crippen LogP contribution in [0, 0.1) is 13.8 Å². The molecule has 0 bridgehead atoms. The fourth-order valence-corrected chi connectivity index (χ4v) is 4.32. The highest BCUT2D eigenvalue weighted by molar-refractivity contribution is 7.95. The summed E-state index contributed by atoms with van der Waals surface area (Å²) in [6.45, 7) is 3.99. The first-order chi connectivity index (χ1) is 10.8. The van der Waals surface area contributed by atoms with Crippen molar-refractivity contribution in [3.05, 3.63) is 29.2 Å². The van der Waals surface area contributed by atoms with E-state index in [0.29, 0.717) is 24.6 Å². The molecule has 10 heteroatoms. The zero-order valence-electron chi connectivity index (χ0n) is 13.0. The van der Waals surface area contributed by atoms with Gasteiger partial charge in [0.05, 0.1) is 6.54 Å². The molecule has 2 aromatic heterocycles. The summed E-state index contributed by atoms with van der Waals surface area (Å²) < 4.78 is 33.7. The second-order valence-corrected chi connectivity index (χ2v) is 7.18. The van der Waals surface area contributed by atoms with Gasteiger partial charge in [0, 0.05) is 26.7 Å². The van der Waals surface area contributed by atoms with Crippen molar-refractivity contribution in [2.75, 3.05) is 13.6 Å². The Morgan fingerprint density at radius 1 is 1.43 bits per heavy atom. The minimum Gasteiger partial charge on any atom is -0.593 e. The van der Waals surface area contributed by atoms with E-state index in [4.69, 9.17) is 4.52 Å². The highest BCUT2D eigenvalue weighted by Gasteiger charge is 2.39. The zero-order chi connectivity index (χ0) is 16.8. The van der Waals surface area contributed by atoms with Crippen molar-refractivity contribution in [2.45, 2.75) is 31.8 Å². The minimum absolute atomic E-state index is 0.101. The number of nitrogens with one attached hydrogen (secondary N) is 1. The molecule has 124 valence electrons. The predicted molar refractivity (Wildman–Crippen MR) is 79.1 cm³/mol. The lowest BCUT2D eigenvalue weighted by Crippen LogP contribution is -2.42. The molecule has 1 unspecified atom stereocenters. The predicted octanol–water partition coefficient (Wildman–Crippen LogP) is 0.267. The fraction of sp³-hybridized carbons (Fsp3) is 0.462. The molecule has 1 atom stereocenters. The first kappa shape index (κ1) is 15.8. The number of nitrogens with zero attached hydrogens (tertiary/aromatic N) is 4. The van der Waals surface area contributed by atoms with Gasteiger partial charge in [-0.3, -0.25) is 4.79 Å². The van der Waals surface area contributed by atoms with E-state index in [1.54, 1.807) is 24.6 Å². The summed E-state index contributed by atoms with van der Waals surface area (Å²) in [4.78, 5) is 16.0. The van der Waals surface area contributed by atoms with Crippen molar-refractivity contribution in [3.63, 3.8) is 0 Å². The Morgan fingerprint density at radius 3 is 2.78 bits per heavy atom. The van der Waals surface area contributed by atoms with Crippen molar-refractivity contribution in [1.29, 1.82) is 0 Å². The topological polar surface area (TPSA) is 116 Å². The van der Waals surface area contributed by atoms with E-state index >= 15 is 0 Å². The molecule has 0 aromatic carbocycles. The van der Waals surface area contributed by atoms with Crippen LogP contribution in [0.25, 0.3) is 0 Å². The number of carbonyl (C=O) groups is 1. The van der Waals surface area contributed by atoms with Crippen LogP contribution in [0.4, 0.5) is 0 Å². The summed E-state index contributed by atoms with van der Waals surface area (Å²) in [6.07, 6.45) is 1.63. The molecule has 9 nitrogen and oxygen atoms in total. The fourth-order valence-electron chi connectivity index (χ4n) is 2.64. The first-order valence-corrected chi connectivity index (χ1v) is 8.49. The lowest BCUT2D eigenvalue weighted by molar-refractivity contribution is 0.0958. The number of aromatic nitrogens is 3. The van der Waals surface area contributed by atoms with Crippen LogP contribution in [-0.4, -0.2) is 43.1 Å². The van der Waals surface area contributed by atoms with Crippen LogP contribution < -0.4 is 5.32 Å². The molecule has 0 radical (unpaired) electrons. The maximum absolute atomic E-state index is 12.8. The van der Waals surface area contributed by atoms with E-state index in [1.165, 1.54) is 11.4 Å². The summed E-state index contributed by atoms with van der Waals surface area (Å²) in [5.74, 6) is 0.500. The van der Waals surface area contributed by atoms with Crippen molar-refractivity contribution < 1.29 is 18.1 Å². The molecule has 0 fully saturated rings. The van der Waals surface area contributed by atoms with Gasteiger partial charge in [-0.2, -0.15) is 0 Å². The van der Waals surface area contributed by atoms with E-state index in [0.717, 1.165) is 0 Å². The number of sulfonamides is 1. The summed E-state index contributed by atoms with van der Waals surface area (Å²) in [5, 5.41) is 6.21. The minimum atomic E-state index is -3.72. The first-order valence-electron chi connectivity index (χ1n) is 7.05. The van der Waals surface area contributed by atoms with Crippen LogP contribution in [0.1, 0.15) is 27.8 Å². The van der Waals surface area contributed by atoms with Gasteiger partial charge in [-0.25, -0.2) is 4.98 Å². The van der Waals surface area contributed by atoms with Gasteiger partial charge in [0.1, 0.15) is 23.8 Å². The number of carbonyl (C=O) groups excluding carboxylic acids is 1. The van der Waals surface area contributed by atoms with Crippen LogP contribution in [0.15, 0.2) is 15.6 Å². The third-order valence-electron chi connectivity index (χ3n) is 3.79. The molecule has 3 rings (SSSR count). The molecule has 23 heavy (non-hydrogen) atoms. The molecule has 1 aliphatic heterocycles. The van der Waals surface area contributed by atoms with Gasteiger partial charge in [0.2, 0.25) is 4.90 Å². The lowest BCUT2D eigenvalue weighted by Gasteiger charge is -2.30. The Kier molecular flexibility index (Phi) is 3.82. The molecule has 1 amide bonds. The average Bonchev–Trinajstić information content (AvgIpc) is 3.09. The Bertz CT molecular complexity index is 792. The van der Waals surface area contributed by atoms with E-state index in [1.807, 2.05) is 0 Å². The monoisotopic (exact) mass is 339 g/mol. The van der Waals surface area contributed by atoms with Gasteiger partial charge in [0.15, 0.2) is 16.2 Å². The molecule has 0 saturated carbocycles. The Labute approximate surface area is 134 Å². The smallest absolute Gasteiger partial charge is 0.271 e. The normalized spacial score (nSPS) is 17.6. The van der Waals surface area contributed by atoms with Gasteiger partial charge in [-0.15, -0.1) is 4.31 Å². The van der Waals surface area contributed by atoms with Crippen LogP contribution in [0.2, 0.25) is 0 Å². The Balaban J connectivity index is 1.91. The molecular formula is C13H17N5O4S. The SMILES string of the molecule is CNC(=O)c1cn2c(n1)CN([S+](=O)([O-])c1c(C)noc1C)CC2. The van der Waals surface area contributed by atoms with Crippen molar-refractivity contribution in [2.24, 2.45) is 0 Å². The maximum atomic E-state index is 12.8. The van der Waals surface area contributed by atoms with Crippen molar-refractivity contribution in [3.8, 4) is 0 Å². The van der Waals surface area contributed by atoms with Gasteiger partial charge in [-0.1, -0.05) is 9.37 Å². The molecule has 1 N–H and O–H groups in total. The quantitative estimate of drug-likeness (QED) is 0.802. The third-order valence-corrected chi connectivity index (χ3v) is 5.88. The molecule has 0 saturated heterocycles. The molecule has 1 aliphatic rings. The van der Waals surface area contributed by atoms with Crippen molar-refractivity contribution in [1.82, 2.24) is 24.3 Å². The van der Waals surface area contributed by atoms with E-state index in [9.17, 15) is 13.6 Å². The zero-order valence-corrected chi connectivity index (χ0v) is 13.8. The summed E-state index contributed by atoms with van der Waals surface area (Å²) in [5.41, 5.74) is 0.613. The lowest BCUT2D eigenvalue weighted by atomic mass is 10.4. The highest BCUT2D eigenvalue weighted by Crippen LogP contribution is 2.30. The van der Waals surface area contributed by atoms with Crippen LogP contribution in [0.3, 0.4) is 0 Å². The van der Waals surface area contributed by atoms with Gasteiger partial charge in [0.25, 0.3) is 5.91 Å². The standard InChI is InChI=1S/C13H17N5O4S/c1-8-12(9(2)22-16-8)23(20,21)18-5-4-17-6-10(13(19)14-3)15-11(17)7-18/h6H,4-5,7H2,1-3H3,(H-,14,19,20,21). The van der Waals surface area contributed by atoms with Crippen molar-refractivity contribution >= 4 is 16.3 Å². The number of rotatable bonds is 3. The number of fused-ring (bicyclic) bond motifs is 1. The van der Waals surface area contributed by atoms with Crippen LogP contribution >= 0.6 is 0 Å². The van der Waals surface area contributed by atoms with E-state index in [-0.39, 0.29) is 28.8 Å². The average molecular weight is 339 g/mol.